The van der Waals surface area contributed by atoms with Crippen LogP contribution in [0.4, 0.5) is 0 Å². The van der Waals surface area contributed by atoms with Gasteiger partial charge in [-0.3, -0.25) is 0 Å². The summed E-state index contributed by atoms with van der Waals surface area (Å²) >= 11 is 0. The van der Waals surface area contributed by atoms with E-state index in [1.54, 1.807) is 0 Å². The van der Waals surface area contributed by atoms with Crippen molar-refractivity contribution >= 4 is 0 Å². The number of hydrogen-bond acceptors (Lipinski definition) is 1. The predicted octanol–water partition coefficient (Wildman–Crippen LogP) is 5.52. The minimum atomic E-state index is 0.896. The van der Waals surface area contributed by atoms with Gasteiger partial charge in [-0.15, -0.1) is 0 Å². The molecule has 1 heteroatoms. The molecule has 0 heterocycles. The van der Waals surface area contributed by atoms with E-state index in [0.29, 0.717) is 0 Å². The van der Waals surface area contributed by atoms with Gasteiger partial charge in [-0.2, -0.15) is 0 Å². The molecule has 1 N–H and O–H groups in total. The van der Waals surface area contributed by atoms with E-state index in [4.69, 9.17) is 5.11 Å². The molecular weight excluding hydrogens is 220 g/mol. The van der Waals surface area contributed by atoms with Crippen molar-refractivity contribution in [1.82, 2.24) is 0 Å². The van der Waals surface area contributed by atoms with Crippen molar-refractivity contribution in [3.8, 4) is 0 Å². The van der Waals surface area contributed by atoms with Crippen molar-refractivity contribution in [2.75, 3.05) is 7.11 Å². The van der Waals surface area contributed by atoms with Crippen molar-refractivity contribution in [2.24, 2.45) is 23.7 Å². The Morgan fingerprint density at radius 1 is 1.00 bits per heavy atom. The van der Waals surface area contributed by atoms with Crippen LogP contribution in [0, 0.1) is 23.7 Å². The van der Waals surface area contributed by atoms with Crippen molar-refractivity contribution in [1.29, 1.82) is 0 Å². The van der Waals surface area contributed by atoms with Gasteiger partial charge in [0.1, 0.15) is 0 Å². The van der Waals surface area contributed by atoms with Gasteiger partial charge >= 0.3 is 0 Å². The fourth-order valence-electron chi connectivity index (χ4n) is 2.92. The van der Waals surface area contributed by atoms with Crippen molar-refractivity contribution < 1.29 is 5.11 Å². The molecule has 1 nitrogen and oxygen atoms in total. The van der Waals surface area contributed by atoms with Gasteiger partial charge in [0.2, 0.25) is 0 Å². The van der Waals surface area contributed by atoms with Gasteiger partial charge in [0.25, 0.3) is 0 Å². The van der Waals surface area contributed by atoms with Crippen LogP contribution < -0.4 is 0 Å². The summed E-state index contributed by atoms with van der Waals surface area (Å²) in [4.78, 5) is 0. The Balaban J connectivity index is 0. The van der Waals surface area contributed by atoms with Gasteiger partial charge in [-0.05, 0) is 30.1 Å². The van der Waals surface area contributed by atoms with Crippen molar-refractivity contribution in [3.05, 3.63) is 0 Å². The number of rotatable bonds is 3. The Bertz CT molecular complexity index is 152. The third kappa shape index (κ3) is 8.97. The molecule has 0 spiro atoms. The van der Waals surface area contributed by atoms with Gasteiger partial charge in [0.05, 0.1) is 0 Å². The lowest BCUT2D eigenvalue weighted by Gasteiger charge is -2.36. The number of aliphatic hydroxyl groups excluding tert-OH is 1. The van der Waals surface area contributed by atoms with Crippen LogP contribution in [0.25, 0.3) is 0 Å². The largest absolute Gasteiger partial charge is 0.400 e. The number of aliphatic hydroxyl groups is 1. The zero-order valence-corrected chi connectivity index (χ0v) is 14.0. The fourth-order valence-corrected chi connectivity index (χ4v) is 2.92. The Morgan fingerprint density at radius 2 is 1.50 bits per heavy atom. The molecular formula is C17H38O. The summed E-state index contributed by atoms with van der Waals surface area (Å²) in [5.74, 6) is 3.83. The zero-order chi connectivity index (χ0) is 14.6. The molecule has 1 aliphatic carbocycles. The van der Waals surface area contributed by atoms with Crippen LogP contribution in [0.3, 0.4) is 0 Å². The van der Waals surface area contributed by atoms with Crippen LogP contribution in [-0.2, 0) is 0 Å². The quantitative estimate of drug-likeness (QED) is 0.706. The molecule has 3 unspecified atom stereocenters. The van der Waals surface area contributed by atoms with Gasteiger partial charge in [-0.1, -0.05) is 73.6 Å². The average Bonchev–Trinajstić information content (AvgIpc) is 2.36. The SMILES string of the molecule is CC(C)C1CCCC(C)C1C.CCCCC.CO. The van der Waals surface area contributed by atoms with Crippen molar-refractivity contribution in [3.63, 3.8) is 0 Å². The van der Waals surface area contributed by atoms with Crippen LogP contribution >= 0.6 is 0 Å². The van der Waals surface area contributed by atoms with E-state index in [0.717, 1.165) is 30.8 Å². The monoisotopic (exact) mass is 258 g/mol. The van der Waals surface area contributed by atoms with Crippen LogP contribution in [0.2, 0.25) is 0 Å². The summed E-state index contributed by atoms with van der Waals surface area (Å²) < 4.78 is 0. The van der Waals surface area contributed by atoms with Crippen LogP contribution in [0.1, 0.15) is 80.1 Å². The summed E-state index contributed by atoms with van der Waals surface area (Å²) in [5.41, 5.74) is 0. The highest BCUT2D eigenvalue weighted by Crippen LogP contribution is 2.38. The number of hydrogen-bond donors (Lipinski definition) is 1. The zero-order valence-electron chi connectivity index (χ0n) is 14.0. The van der Waals surface area contributed by atoms with E-state index in [-0.39, 0.29) is 0 Å². The highest BCUT2D eigenvalue weighted by atomic mass is 16.2. The molecule has 1 fully saturated rings. The smallest absolute Gasteiger partial charge is 0.0319 e. The molecule has 1 saturated carbocycles. The molecule has 0 saturated heterocycles. The molecule has 0 aromatic carbocycles. The first-order chi connectivity index (χ1) is 8.54. The second-order valence-corrected chi connectivity index (χ2v) is 6.03. The highest BCUT2D eigenvalue weighted by Gasteiger charge is 2.28. The standard InChI is InChI=1S/C11H22.C5H12.CH4O/c1-8(2)11-7-5-6-9(3)10(11)4;1-3-5-4-2;1-2/h8-11H,5-7H2,1-4H3;3-5H2,1-2H3;2H,1H3. The molecule has 112 valence electrons. The molecule has 18 heavy (non-hydrogen) atoms. The first-order valence-electron chi connectivity index (χ1n) is 7.99. The molecule has 3 atom stereocenters. The first-order valence-corrected chi connectivity index (χ1v) is 7.99. The van der Waals surface area contributed by atoms with Gasteiger partial charge in [0, 0.05) is 7.11 Å². The minimum Gasteiger partial charge on any atom is -0.400 e. The maximum absolute atomic E-state index is 7.00. The number of unbranched alkanes of at least 4 members (excludes halogenated alkanes) is 2. The molecule has 0 bridgehead atoms. The molecule has 1 aliphatic rings. The first kappa shape index (κ1) is 20.3. The Kier molecular flexibility index (Phi) is 15.1. The van der Waals surface area contributed by atoms with E-state index in [9.17, 15) is 0 Å². The summed E-state index contributed by atoms with van der Waals surface area (Å²) in [6, 6.07) is 0. The maximum atomic E-state index is 7.00. The van der Waals surface area contributed by atoms with E-state index in [1.807, 2.05) is 0 Å². The molecule has 0 aliphatic heterocycles. The lowest BCUT2D eigenvalue weighted by Crippen LogP contribution is -2.27. The molecule has 0 amide bonds. The van der Waals surface area contributed by atoms with Gasteiger partial charge in [-0.25, -0.2) is 0 Å². The van der Waals surface area contributed by atoms with Crippen molar-refractivity contribution in [2.45, 2.75) is 80.1 Å². The molecule has 0 aromatic heterocycles. The van der Waals surface area contributed by atoms with Crippen LogP contribution in [0.5, 0.6) is 0 Å². The summed E-state index contributed by atoms with van der Waals surface area (Å²) in [5, 5.41) is 7.00. The van der Waals surface area contributed by atoms with Gasteiger partial charge in [0.15, 0.2) is 0 Å². The topological polar surface area (TPSA) is 20.2 Å². The minimum absolute atomic E-state index is 0.896. The van der Waals surface area contributed by atoms with E-state index < -0.39 is 0 Å². The second kappa shape index (κ2) is 13.4. The lowest BCUT2D eigenvalue weighted by molar-refractivity contribution is 0.139. The Hall–Kier alpha value is -0.0400. The Morgan fingerprint density at radius 3 is 1.78 bits per heavy atom. The maximum Gasteiger partial charge on any atom is 0.0319 e. The normalized spacial score (nSPS) is 26.8. The average molecular weight is 258 g/mol. The Labute approximate surface area is 116 Å². The summed E-state index contributed by atoms with van der Waals surface area (Å²) in [7, 11) is 1.00. The lowest BCUT2D eigenvalue weighted by atomic mass is 9.69. The van der Waals surface area contributed by atoms with E-state index in [1.165, 1.54) is 38.5 Å². The van der Waals surface area contributed by atoms with Crippen LogP contribution in [0.15, 0.2) is 0 Å². The van der Waals surface area contributed by atoms with E-state index >= 15 is 0 Å². The second-order valence-electron chi connectivity index (χ2n) is 6.03. The van der Waals surface area contributed by atoms with E-state index in [2.05, 4.69) is 41.5 Å². The fraction of sp³-hybridized carbons (Fsp3) is 1.00. The predicted molar refractivity (Wildman–Crippen MR) is 83.8 cm³/mol. The molecule has 0 aromatic rings. The molecule has 1 rings (SSSR count). The third-order valence-corrected chi connectivity index (χ3v) is 4.33. The van der Waals surface area contributed by atoms with Gasteiger partial charge < -0.3 is 5.11 Å². The summed E-state index contributed by atoms with van der Waals surface area (Å²) in [6.07, 6.45) is 8.48. The third-order valence-electron chi connectivity index (χ3n) is 4.33. The van der Waals surface area contributed by atoms with Crippen LogP contribution in [-0.4, -0.2) is 12.2 Å². The highest BCUT2D eigenvalue weighted by molar-refractivity contribution is 4.78. The molecule has 0 radical (unpaired) electrons. The summed E-state index contributed by atoms with van der Waals surface area (Å²) in [6.45, 7) is 14.0.